The lowest BCUT2D eigenvalue weighted by atomic mass is 9.99. The monoisotopic (exact) mass is 329 g/mol. The molecule has 1 saturated heterocycles. The number of carbonyl (C=O) groups excluding carboxylic acids is 1. The number of carbonyl (C=O) groups is 1. The van der Waals surface area contributed by atoms with Crippen molar-refractivity contribution < 1.29 is 4.79 Å². The molecule has 1 aliphatic rings. The lowest BCUT2D eigenvalue weighted by Crippen LogP contribution is -2.39. The second-order valence-electron chi connectivity index (χ2n) is 5.56. The lowest BCUT2D eigenvalue weighted by molar-refractivity contribution is 0.0611. The van der Waals surface area contributed by atoms with Crippen molar-refractivity contribution in [3.63, 3.8) is 0 Å². The molecule has 3 aromatic rings. The number of rotatable bonds is 2. The molecule has 118 valence electrons. The first kappa shape index (κ1) is 14.1. The van der Waals surface area contributed by atoms with Gasteiger partial charge in [0.05, 0.1) is 17.7 Å². The molecule has 0 saturated carbocycles. The summed E-state index contributed by atoms with van der Waals surface area (Å²) in [5, 5.41) is 0. The fraction of sp³-hybridized carbons (Fsp3) is 0.333. The molecule has 4 rings (SSSR count). The maximum atomic E-state index is 12.7. The van der Waals surface area contributed by atoms with Gasteiger partial charge in [0.25, 0.3) is 11.5 Å². The van der Waals surface area contributed by atoms with Crippen LogP contribution in [0.1, 0.15) is 40.7 Å². The predicted molar refractivity (Wildman–Crippen MR) is 85.6 cm³/mol. The molecule has 23 heavy (non-hydrogen) atoms. The van der Waals surface area contributed by atoms with Crippen molar-refractivity contribution in [1.82, 2.24) is 24.3 Å². The van der Waals surface area contributed by atoms with Crippen molar-refractivity contribution in [2.45, 2.75) is 25.3 Å². The normalized spacial score (nSPS) is 18.4. The van der Waals surface area contributed by atoms with E-state index in [2.05, 4.69) is 15.0 Å². The SMILES string of the molecule is O=C(c1cncs1)N1CCCCC1c1cc(=O)n2ccnc2[nH]1. The summed E-state index contributed by atoms with van der Waals surface area (Å²) in [7, 11) is 0. The Morgan fingerprint density at radius 2 is 2.30 bits per heavy atom. The van der Waals surface area contributed by atoms with Gasteiger partial charge in [-0.15, -0.1) is 11.3 Å². The Hall–Kier alpha value is -2.48. The number of amides is 1. The van der Waals surface area contributed by atoms with Crippen LogP contribution in [0.3, 0.4) is 0 Å². The molecule has 1 amide bonds. The van der Waals surface area contributed by atoms with Gasteiger partial charge in [-0.1, -0.05) is 0 Å². The first-order valence-corrected chi connectivity index (χ1v) is 8.38. The average molecular weight is 329 g/mol. The minimum atomic E-state index is -0.137. The van der Waals surface area contributed by atoms with Gasteiger partial charge in [0.15, 0.2) is 0 Å². The molecule has 7 nitrogen and oxygen atoms in total. The average Bonchev–Trinajstić information content (AvgIpc) is 3.25. The van der Waals surface area contributed by atoms with Gasteiger partial charge in [0, 0.05) is 30.7 Å². The van der Waals surface area contributed by atoms with Crippen LogP contribution in [0.5, 0.6) is 0 Å². The smallest absolute Gasteiger partial charge is 0.266 e. The molecule has 0 aliphatic carbocycles. The third-order valence-electron chi connectivity index (χ3n) is 4.18. The first-order valence-electron chi connectivity index (χ1n) is 7.50. The van der Waals surface area contributed by atoms with E-state index in [9.17, 15) is 9.59 Å². The zero-order chi connectivity index (χ0) is 15.8. The van der Waals surface area contributed by atoms with Crippen molar-refractivity contribution in [3.8, 4) is 0 Å². The second-order valence-corrected chi connectivity index (χ2v) is 6.45. The summed E-state index contributed by atoms with van der Waals surface area (Å²) in [6, 6.07) is 1.44. The van der Waals surface area contributed by atoms with Crippen LogP contribution in [-0.2, 0) is 0 Å². The van der Waals surface area contributed by atoms with Crippen LogP contribution >= 0.6 is 11.3 Å². The van der Waals surface area contributed by atoms with Gasteiger partial charge in [-0.3, -0.25) is 19.0 Å². The largest absolute Gasteiger partial charge is 0.329 e. The molecule has 1 fully saturated rings. The van der Waals surface area contributed by atoms with Crippen LogP contribution in [0, 0.1) is 0 Å². The molecule has 0 aromatic carbocycles. The summed E-state index contributed by atoms with van der Waals surface area (Å²) in [6.45, 7) is 0.684. The molecule has 1 N–H and O–H groups in total. The zero-order valence-electron chi connectivity index (χ0n) is 12.3. The second kappa shape index (κ2) is 5.62. The van der Waals surface area contributed by atoms with E-state index in [1.54, 1.807) is 30.2 Å². The highest BCUT2D eigenvalue weighted by molar-refractivity contribution is 7.11. The van der Waals surface area contributed by atoms with E-state index in [1.165, 1.54) is 15.7 Å². The fourth-order valence-electron chi connectivity index (χ4n) is 3.08. The van der Waals surface area contributed by atoms with E-state index in [-0.39, 0.29) is 17.5 Å². The van der Waals surface area contributed by atoms with Gasteiger partial charge in [-0.05, 0) is 19.3 Å². The van der Waals surface area contributed by atoms with E-state index in [4.69, 9.17) is 0 Å². The Morgan fingerprint density at radius 1 is 1.39 bits per heavy atom. The van der Waals surface area contributed by atoms with E-state index in [0.29, 0.717) is 17.2 Å². The van der Waals surface area contributed by atoms with Crippen molar-refractivity contribution in [2.75, 3.05) is 6.54 Å². The van der Waals surface area contributed by atoms with Gasteiger partial charge in [-0.25, -0.2) is 4.98 Å². The van der Waals surface area contributed by atoms with Crippen LogP contribution in [0.15, 0.2) is 35.0 Å². The Kier molecular flexibility index (Phi) is 3.45. The molecule has 8 heteroatoms. The van der Waals surface area contributed by atoms with Gasteiger partial charge < -0.3 is 9.88 Å². The maximum absolute atomic E-state index is 12.7. The number of likely N-dealkylation sites (tertiary alicyclic amines) is 1. The zero-order valence-corrected chi connectivity index (χ0v) is 13.1. The fourth-order valence-corrected chi connectivity index (χ4v) is 3.66. The van der Waals surface area contributed by atoms with Crippen molar-refractivity contribution >= 4 is 23.0 Å². The summed E-state index contributed by atoms with van der Waals surface area (Å²) in [5.74, 6) is 0.476. The molecular weight excluding hydrogens is 314 g/mol. The summed E-state index contributed by atoms with van der Waals surface area (Å²) in [5.41, 5.74) is 2.26. The summed E-state index contributed by atoms with van der Waals surface area (Å²) in [6.07, 6.45) is 7.63. The van der Waals surface area contributed by atoms with E-state index in [1.807, 2.05) is 4.90 Å². The van der Waals surface area contributed by atoms with Gasteiger partial charge in [0.1, 0.15) is 4.88 Å². The molecule has 1 aliphatic heterocycles. The molecular formula is C15H15N5O2S. The number of piperidine rings is 1. The summed E-state index contributed by atoms with van der Waals surface area (Å²) >= 11 is 1.34. The topological polar surface area (TPSA) is 83.4 Å². The van der Waals surface area contributed by atoms with Gasteiger partial charge in [-0.2, -0.15) is 0 Å². The van der Waals surface area contributed by atoms with E-state index in [0.717, 1.165) is 25.0 Å². The van der Waals surface area contributed by atoms with Crippen LogP contribution in [-0.4, -0.2) is 36.7 Å². The third-order valence-corrected chi connectivity index (χ3v) is 4.94. The predicted octanol–water partition coefficient (Wildman–Crippen LogP) is 1.85. The van der Waals surface area contributed by atoms with Crippen LogP contribution < -0.4 is 5.56 Å². The summed E-state index contributed by atoms with van der Waals surface area (Å²) < 4.78 is 1.46. The number of aromatic amines is 1. The third kappa shape index (κ3) is 2.44. The van der Waals surface area contributed by atoms with E-state index < -0.39 is 0 Å². The number of hydrogen-bond acceptors (Lipinski definition) is 5. The standard InChI is InChI=1S/C15H15N5O2S/c21-13-7-10(18-15-17-4-6-20(13)15)11-3-1-2-5-19(11)14(22)12-8-16-9-23-12/h4,6-9,11H,1-3,5H2,(H,17,18). The number of nitrogens with zero attached hydrogens (tertiary/aromatic N) is 4. The van der Waals surface area contributed by atoms with Crippen molar-refractivity contribution in [2.24, 2.45) is 0 Å². The molecule has 0 spiro atoms. The number of aromatic nitrogens is 4. The molecule has 1 unspecified atom stereocenters. The number of nitrogens with one attached hydrogen (secondary N) is 1. The quantitative estimate of drug-likeness (QED) is 0.778. The van der Waals surface area contributed by atoms with Crippen molar-refractivity contribution in [1.29, 1.82) is 0 Å². The minimum absolute atomic E-state index is 0.0266. The first-order chi connectivity index (χ1) is 11.2. The number of fused-ring (bicyclic) bond motifs is 1. The molecule has 4 heterocycles. The lowest BCUT2D eigenvalue weighted by Gasteiger charge is -2.35. The van der Waals surface area contributed by atoms with E-state index >= 15 is 0 Å². The van der Waals surface area contributed by atoms with Gasteiger partial charge >= 0.3 is 0 Å². The highest BCUT2D eigenvalue weighted by atomic mass is 32.1. The number of H-pyrrole nitrogens is 1. The van der Waals surface area contributed by atoms with Crippen molar-refractivity contribution in [3.05, 3.63) is 51.1 Å². The van der Waals surface area contributed by atoms with Crippen LogP contribution in [0.4, 0.5) is 0 Å². The number of hydrogen-bond donors (Lipinski definition) is 1. The minimum Gasteiger partial charge on any atom is -0.329 e. The van der Waals surface area contributed by atoms with Crippen LogP contribution in [0.2, 0.25) is 0 Å². The Morgan fingerprint density at radius 3 is 3.13 bits per heavy atom. The molecule has 0 radical (unpaired) electrons. The molecule has 3 aromatic heterocycles. The molecule has 1 atom stereocenters. The highest BCUT2D eigenvalue weighted by Gasteiger charge is 2.30. The molecule has 0 bridgehead atoms. The number of thiazole rings is 1. The Labute approximate surface area is 135 Å². The highest BCUT2D eigenvalue weighted by Crippen LogP contribution is 2.31. The van der Waals surface area contributed by atoms with Crippen LogP contribution in [0.25, 0.3) is 5.78 Å². The van der Waals surface area contributed by atoms with Gasteiger partial charge in [0.2, 0.25) is 5.78 Å². The summed E-state index contributed by atoms with van der Waals surface area (Å²) in [4.78, 5) is 38.7. The Balaban J connectivity index is 1.74. The Bertz CT molecular complexity index is 898. The number of imidazole rings is 1. The maximum Gasteiger partial charge on any atom is 0.266 e.